The van der Waals surface area contributed by atoms with Crippen LogP contribution in [0.15, 0.2) is 36.4 Å². The number of carboxylic acids is 3. The Bertz CT molecular complexity index is 1230. The fourth-order valence-electron chi connectivity index (χ4n) is 3.31. The second kappa shape index (κ2) is 16.7. The lowest BCUT2D eigenvalue weighted by atomic mass is 10.0. The highest BCUT2D eigenvalue weighted by atomic mass is 19.4. The highest BCUT2D eigenvalue weighted by Crippen LogP contribution is 2.22. The number of nitrogens with zero attached hydrogens (tertiary/aromatic N) is 1. The Hall–Kier alpha value is -4.64. The summed E-state index contributed by atoms with van der Waals surface area (Å²) in [6, 6.07) is 8.84. The topological polar surface area (TPSA) is 178 Å². The number of benzene rings is 1. The number of aliphatic carboxylic acids is 3. The molecule has 0 saturated heterocycles. The summed E-state index contributed by atoms with van der Waals surface area (Å²) in [6.07, 6.45) is -7.56. The summed E-state index contributed by atoms with van der Waals surface area (Å²) in [6.45, 7) is 1.48. The van der Waals surface area contributed by atoms with Gasteiger partial charge in [-0.05, 0) is 48.6 Å². The van der Waals surface area contributed by atoms with Gasteiger partial charge < -0.3 is 31.3 Å². The van der Waals surface area contributed by atoms with E-state index in [1.165, 1.54) is 23.8 Å². The molecule has 1 atom stereocenters. The SMILES string of the molecule is O=C(O)C(F)(F)F.O=C(O)C(F)(F)F.O=C(O)C[C@H](NC(=O)CCCNc1ccc2c(n1)NCCC2)c1cccc(F)c1. The van der Waals surface area contributed by atoms with Crippen molar-refractivity contribution >= 4 is 35.5 Å². The lowest BCUT2D eigenvalue weighted by molar-refractivity contribution is -0.193. The number of halogens is 7. The van der Waals surface area contributed by atoms with Gasteiger partial charge in [0.1, 0.15) is 17.5 Å². The molecule has 3 rings (SSSR count). The van der Waals surface area contributed by atoms with Crippen molar-refractivity contribution in [3.05, 3.63) is 53.3 Å². The van der Waals surface area contributed by atoms with Gasteiger partial charge in [0.05, 0.1) is 12.5 Å². The third-order valence-electron chi connectivity index (χ3n) is 5.23. The van der Waals surface area contributed by atoms with E-state index >= 15 is 0 Å². The zero-order valence-electron chi connectivity index (χ0n) is 22.1. The summed E-state index contributed by atoms with van der Waals surface area (Å²) >= 11 is 0. The van der Waals surface area contributed by atoms with E-state index in [1.807, 2.05) is 6.07 Å². The Kier molecular flexibility index (Phi) is 14.1. The summed E-state index contributed by atoms with van der Waals surface area (Å²) in [5.74, 6) is -5.66. The Labute approximate surface area is 239 Å². The van der Waals surface area contributed by atoms with Crippen molar-refractivity contribution in [2.75, 3.05) is 23.7 Å². The molecule has 1 aliphatic heterocycles. The van der Waals surface area contributed by atoms with E-state index in [9.17, 15) is 40.3 Å². The lowest BCUT2D eigenvalue weighted by Crippen LogP contribution is -2.30. The molecule has 1 amide bonds. The summed E-state index contributed by atoms with van der Waals surface area (Å²) in [5, 5.41) is 32.5. The maximum atomic E-state index is 13.4. The first kappa shape index (κ1) is 36.4. The monoisotopic (exact) mass is 628 g/mol. The van der Waals surface area contributed by atoms with Gasteiger partial charge in [-0.15, -0.1) is 0 Å². The molecule has 43 heavy (non-hydrogen) atoms. The van der Waals surface area contributed by atoms with E-state index in [0.717, 1.165) is 31.0 Å². The van der Waals surface area contributed by atoms with Gasteiger partial charge in [0.15, 0.2) is 0 Å². The smallest absolute Gasteiger partial charge is 0.481 e. The number of amides is 1. The zero-order valence-corrected chi connectivity index (χ0v) is 22.1. The number of nitrogens with one attached hydrogen (secondary N) is 3. The maximum absolute atomic E-state index is 13.4. The molecule has 0 radical (unpaired) electrons. The van der Waals surface area contributed by atoms with Crippen molar-refractivity contribution in [3.8, 4) is 0 Å². The molecular formula is C25H27F7N4O7. The summed E-state index contributed by atoms with van der Waals surface area (Å²) in [5.41, 5.74) is 1.65. The molecule has 6 N–H and O–H groups in total. The Morgan fingerprint density at radius 1 is 0.953 bits per heavy atom. The lowest BCUT2D eigenvalue weighted by Gasteiger charge is -2.18. The van der Waals surface area contributed by atoms with Crippen LogP contribution in [-0.2, 0) is 25.6 Å². The first-order chi connectivity index (χ1) is 19.9. The standard InChI is InChI=1S/C21H25FN4O3.2C2HF3O2/c22-16-6-1-4-15(12-16)17(13-20(28)29)25-19(27)7-3-10-23-18-9-8-14-5-2-11-24-21(14)26-18;2*3-2(4,5)1(6)7/h1,4,6,8-9,12,17H,2-3,5,7,10-11,13H2,(H,25,27)(H,28,29)(H2,23,24,26);2*(H,6,7)/t17-;;/m0../s1. The van der Waals surface area contributed by atoms with E-state index in [-0.39, 0.29) is 18.7 Å². The molecule has 1 aliphatic rings. The number of carbonyl (C=O) groups excluding carboxylic acids is 1. The van der Waals surface area contributed by atoms with Crippen LogP contribution >= 0.6 is 0 Å². The van der Waals surface area contributed by atoms with Gasteiger partial charge in [-0.2, -0.15) is 26.3 Å². The number of hydrogen-bond donors (Lipinski definition) is 6. The fourth-order valence-corrected chi connectivity index (χ4v) is 3.31. The molecule has 0 saturated carbocycles. The van der Waals surface area contributed by atoms with Crippen LogP contribution in [0.4, 0.5) is 42.4 Å². The van der Waals surface area contributed by atoms with E-state index in [0.29, 0.717) is 18.5 Å². The van der Waals surface area contributed by atoms with E-state index in [4.69, 9.17) is 24.9 Å². The van der Waals surface area contributed by atoms with Gasteiger partial charge in [-0.25, -0.2) is 19.0 Å². The van der Waals surface area contributed by atoms with Gasteiger partial charge in [-0.3, -0.25) is 9.59 Å². The van der Waals surface area contributed by atoms with Crippen molar-refractivity contribution in [3.63, 3.8) is 0 Å². The van der Waals surface area contributed by atoms with Crippen molar-refractivity contribution in [1.82, 2.24) is 10.3 Å². The van der Waals surface area contributed by atoms with Gasteiger partial charge in [0.2, 0.25) is 5.91 Å². The Morgan fingerprint density at radius 2 is 1.56 bits per heavy atom. The molecule has 0 unspecified atom stereocenters. The molecule has 0 bridgehead atoms. The van der Waals surface area contributed by atoms with Crippen LogP contribution in [-0.4, -0.2) is 69.6 Å². The second-order valence-corrected chi connectivity index (χ2v) is 8.64. The minimum Gasteiger partial charge on any atom is -0.481 e. The third-order valence-corrected chi connectivity index (χ3v) is 5.23. The molecule has 0 fully saturated rings. The minimum absolute atomic E-state index is 0.224. The van der Waals surface area contributed by atoms with Crippen molar-refractivity contribution in [2.45, 2.75) is 50.5 Å². The van der Waals surface area contributed by atoms with E-state index < -0.39 is 42.1 Å². The zero-order chi connectivity index (χ0) is 32.8. The minimum atomic E-state index is -5.08. The number of hydrogen-bond acceptors (Lipinski definition) is 7. The average molecular weight is 628 g/mol. The predicted molar refractivity (Wildman–Crippen MR) is 136 cm³/mol. The molecule has 1 aromatic carbocycles. The summed E-state index contributed by atoms with van der Waals surface area (Å²) in [4.78, 5) is 45.7. The number of aromatic nitrogens is 1. The van der Waals surface area contributed by atoms with Crippen molar-refractivity contribution in [2.24, 2.45) is 0 Å². The first-order valence-corrected chi connectivity index (χ1v) is 12.2. The highest BCUT2D eigenvalue weighted by Gasteiger charge is 2.38. The molecule has 11 nitrogen and oxygen atoms in total. The summed E-state index contributed by atoms with van der Waals surface area (Å²) < 4.78 is 76.9. The van der Waals surface area contributed by atoms with Crippen molar-refractivity contribution in [1.29, 1.82) is 0 Å². The molecule has 0 aliphatic carbocycles. The normalized spacial score (nSPS) is 12.9. The van der Waals surface area contributed by atoms with Crippen LogP contribution in [0.3, 0.4) is 0 Å². The number of carboxylic acid groups (broad SMARTS) is 3. The molecule has 238 valence electrons. The van der Waals surface area contributed by atoms with E-state index in [2.05, 4.69) is 27.0 Å². The number of rotatable bonds is 9. The molecule has 1 aromatic heterocycles. The van der Waals surface area contributed by atoms with Crippen LogP contribution in [0, 0.1) is 5.82 Å². The molecule has 2 heterocycles. The largest absolute Gasteiger partial charge is 0.490 e. The van der Waals surface area contributed by atoms with Crippen LogP contribution in [0.25, 0.3) is 0 Å². The highest BCUT2D eigenvalue weighted by molar-refractivity contribution is 5.77. The second-order valence-electron chi connectivity index (χ2n) is 8.64. The number of fused-ring (bicyclic) bond motifs is 1. The van der Waals surface area contributed by atoms with Crippen LogP contribution < -0.4 is 16.0 Å². The molecule has 2 aromatic rings. The summed E-state index contributed by atoms with van der Waals surface area (Å²) in [7, 11) is 0. The number of carbonyl (C=O) groups is 4. The van der Waals surface area contributed by atoms with E-state index in [1.54, 1.807) is 6.07 Å². The maximum Gasteiger partial charge on any atom is 0.490 e. The van der Waals surface area contributed by atoms with Crippen LogP contribution in [0.1, 0.15) is 42.9 Å². The molecule has 18 heteroatoms. The third kappa shape index (κ3) is 14.7. The first-order valence-electron chi connectivity index (χ1n) is 12.2. The van der Waals surface area contributed by atoms with Gasteiger partial charge >= 0.3 is 30.3 Å². The number of anilines is 2. The van der Waals surface area contributed by atoms with Gasteiger partial charge in [-0.1, -0.05) is 18.2 Å². The Morgan fingerprint density at radius 3 is 2.09 bits per heavy atom. The van der Waals surface area contributed by atoms with Crippen LogP contribution in [0.5, 0.6) is 0 Å². The number of pyridine rings is 1. The Balaban J connectivity index is 0.000000548. The van der Waals surface area contributed by atoms with Crippen molar-refractivity contribution < 1.29 is 65.2 Å². The van der Waals surface area contributed by atoms with Gasteiger partial charge in [0, 0.05) is 19.5 Å². The van der Waals surface area contributed by atoms with Gasteiger partial charge in [0.25, 0.3) is 0 Å². The molecular weight excluding hydrogens is 601 g/mol. The average Bonchev–Trinajstić information content (AvgIpc) is 2.90. The quantitative estimate of drug-likeness (QED) is 0.173. The predicted octanol–water partition coefficient (Wildman–Crippen LogP) is 4.37. The fraction of sp³-hybridized carbons (Fsp3) is 0.400. The van der Waals surface area contributed by atoms with Crippen LogP contribution in [0.2, 0.25) is 0 Å². The number of aryl methyl sites for hydroxylation is 1. The number of alkyl halides is 6. The molecule has 0 spiro atoms.